The first-order valence-corrected chi connectivity index (χ1v) is 5.54. The van der Waals surface area contributed by atoms with Crippen LogP contribution >= 0.6 is 0 Å². The van der Waals surface area contributed by atoms with Gasteiger partial charge < -0.3 is 15.6 Å². The second-order valence-electron chi connectivity index (χ2n) is 3.93. The van der Waals surface area contributed by atoms with Crippen LogP contribution < -0.4 is 15.8 Å². The number of rotatable bonds is 3. The largest absolute Gasteiger partial charge is 0.465 e. The lowest BCUT2D eigenvalue weighted by Crippen LogP contribution is -2.08. The van der Waals surface area contributed by atoms with Gasteiger partial charge in [0, 0.05) is 6.07 Å². The Balaban J connectivity index is 2.21. The smallest absolute Gasteiger partial charge is 0.409 e. The number of carbonyl (C=O) groups is 1. The monoisotopic (exact) mass is 259 g/mol. The van der Waals surface area contributed by atoms with E-state index in [4.69, 9.17) is 15.6 Å². The van der Waals surface area contributed by atoms with E-state index in [-0.39, 0.29) is 0 Å². The van der Waals surface area contributed by atoms with E-state index in [0.717, 1.165) is 5.56 Å². The minimum atomic E-state index is -1.12. The number of hydrogen-bond acceptors (Lipinski definition) is 4. The van der Waals surface area contributed by atoms with E-state index < -0.39 is 6.09 Å². The van der Waals surface area contributed by atoms with Crippen LogP contribution in [0.15, 0.2) is 36.5 Å². The Hall–Kier alpha value is -2.76. The van der Waals surface area contributed by atoms with Gasteiger partial charge in [-0.05, 0) is 30.7 Å². The summed E-state index contributed by atoms with van der Waals surface area (Å²) in [6, 6.07) is 8.44. The van der Waals surface area contributed by atoms with E-state index in [9.17, 15) is 4.79 Å². The van der Waals surface area contributed by atoms with Crippen molar-refractivity contribution in [3.63, 3.8) is 0 Å². The lowest BCUT2D eigenvalue weighted by molar-refractivity contribution is 0.209. The van der Waals surface area contributed by atoms with Crippen LogP contribution in [0.5, 0.6) is 11.5 Å². The maximum absolute atomic E-state index is 10.7. The highest BCUT2D eigenvalue weighted by molar-refractivity contribution is 5.84. The molecule has 0 unspecified atom stereocenters. The highest BCUT2D eigenvalue weighted by Gasteiger charge is 2.05. The summed E-state index contributed by atoms with van der Waals surface area (Å²) in [5.74, 6) is 1.45. The second-order valence-corrected chi connectivity index (χ2v) is 3.93. The maximum atomic E-state index is 10.7. The number of benzene rings is 1. The number of anilines is 2. The topological polar surface area (TPSA) is 97.5 Å². The molecular formula is C13H13N3O3. The van der Waals surface area contributed by atoms with Crippen LogP contribution in [0.3, 0.4) is 0 Å². The SMILES string of the molecule is Cc1ccc(Oc2ccc(N)nc2)cc1NC(=O)O. The molecule has 1 aromatic carbocycles. The molecule has 0 spiro atoms. The fourth-order valence-electron chi connectivity index (χ4n) is 1.50. The predicted octanol–water partition coefficient (Wildman–Crippen LogP) is 2.85. The Morgan fingerprint density at radius 2 is 2.05 bits per heavy atom. The number of aromatic nitrogens is 1. The van der Waals surface area contributed by atoms with E-state index in [1.807, 2.05) is 0 Å². The van der Waals surface area contributed by atoms with E-state index in [0.29, 0.717) is 23.0 Å². The molecule has 98 valence electrons. The fraction of sp³-hybridized carbons (Fsp3) is 0.0769. The first kappa shape index (κ1) is 12.7. The van der Waals surface area contributed by atoms with Crippen molar-refractivity contribution in [1.82, 2.24) is 4.98 Å². The molecule has 1 aromatic heterocycles. The molecule has 19 heavy (non-hydrogen) atoms. The van der Waals surface area contributed by atoms with Gasteiger partial charge in [0.05, 0.1) is 11.9 Å². The van der Waals surface area contributed by atoms with Gasteiger partial charge in [-0.2, -0.15) is 0 Å². The quantitative estimate of drug-likeness (QED) is 0.787. The Labute approximate surface area is 109 Å². The average Bonchev–Trinajstić information content (AvgIpc) is 2.36. The zero-order chi connectivity index (χ0) is 13.8. The van der Waals surface area contributed by atoms with Crippen molar-refractivity contribution in [2.75, 3.05) is 11.1 Å². The average molecular weight is 259 g/mol. The first-order chi connectivity index (χ1) is 9.04. The van der Waals surface area contributed by atoms with Crippen molar-refractivity contribution in [2.45, 2.75) is 6.92 Å². The third-order valence-electron chi connectivity index (χ3n) is 2.45. The minimum absolute atomic E-state index is 0.407. The number of pyridine rings is 1. The Morgan fingerprint density at radius 1 is 1.32 bits per heavy atom. The second kappa shape index (κ2) is 5.26. The maximum Gasteiger partial charge on any atom is 0.409 e. The molecule has 0 saturated carbocycles. The third kappa shape index (κ3) is 3.35. The normalized spacial score (nSPS) is 9.95. The summed E-state index contributed by atoms with van der Waals surface area (Å²) in [5.41, 5.74) is 6.77. The summed E-state index contributed by atoms with van der Waals surface area (Å²) in [4.78, 5) is 14.6. The van der Waals surface area contributed by atoms with Gasteiger partial charge in [-0.25, -0.2) is 9.78 Å². The van der Waals surface area contributed by atoms with Crippen molar-refractivity contribution in [3.8, 4) is 11.5 Å². The molecule has 0 radical (unpaired) electrons. The summed E-state index contributed by atoms with van der Waals surface area (Å²) in [6.45, 7) is 1.81. The number of nitrogens with two attached hydrogens (primary N) is 1. The number of nitrogen functional groups attached to an aromatic ring is 1. The Kier molecular flexibility index (Phi) is 3.51. The third-order valence-corrected chi connectivity index (χ3v) is 2.45. The Morgan fingerprint density at radius 3 is 2.68 bits per heavy atom. The summed E-state index contributed by atoms with van der Waals surface area (Å²) in [5, 5.41) is 11.0. The lowest BCUT2D eigenvalue weighted by Gasteiger charge is -2.09. The van der Waals surface area contributed by atoms with E-state index in [2.05, 4.69) is 10.3 Å². The fourth-order valence-corrected chi connectivity index (χ4v) is 1.50. The van der Waals surface area contributed by atoms with Crippen LogP contribution in [0.4, 0.5) is 16.3 Å². The zero-order valence-electron chi connectivity index (χ0n) is 10.3. The van der Waals surface area contributed by atoms with Crippen LogP contribution in [0.25, 0.3) is 0 Å². The molecular weight excluding hydrogens is 246 g/mol. The highest BCUT2D eigenvalue weighted by Crippen LogP contribution is 2.26. The molecule has 0 bridgehead atoms. The number of hydrogen-bond donors (Lipinski definition) is 3. The van der Waals surface area contributed by atoms with Gasteiger partial charge in [-0.1, -0.05) is 6.07 Å². The van der Waals surface area contributed by atoms with Crippen LogP contribution in [0.1, 0.15) is 5.56 Å². The molecule has 0 atom stereocenters. The molecule has 0 aliphatic carbocycles. The molecule has 6 nitrogen and oxygen atoms in total. The molecule has 4 N–H and O–H groups in total. The summed E-state index contributed by atoms with van der Waals surface area (Å²) < 4.78 is 5.56. The van der Waals surface area contributed by atoms with Crippen molar-refractivity contribution in [1.29, 1.82) is 0 Å². The number of aryl methyl sites for hydroxylation is 1. The zero-order valence-corrected chi connectivity index (χ0v) is 10.3. The molecule has 0 saturated heterocycles. The molecule has 2 rings (SSSR count). The molecule has 0 aliphatic heterocycles. The number of nitrogens with zero attached hydrogens (tertiary/aromatic N) is 1. The van der Waals surface area contributed by atoms with E-state index in [1.165, 1.54) is 6.20 Å². The Bertz CT molecular complexity index is 597. The van der Waals surface area contributed by atoms with Gasteiger partial charge in [0.1, 0.15) is 17.3 Å². The number of carboxylic acid groups (broad SMARTS) is 1. The summed E-state index contributed by atoms with van der Waals surface area (Å²) >= 11 is 0. The number of nitrogens with one attached hydrogen (secondary N) is 1. The van der Waals surface area contributed by atoms with Gasteiger partial charge in [-0.3, -0.25) is 5.32 Å². The number of amides is 1. The molecule has 0 aliphatic rings. The van der Waals surface area contributed by atoms with Gasteiger partial charge in [0.2, 0.25) is 0 Å². The van der Waals surface area contributed by atoms with E-state index in [1.54, 1.807) is 37.3 Å². The highest BCUT2D eigenvalue weighted by atomic mass is 16.5. The van der Waals surface area contributed by atoms with Gasteiger partial charge >= 0.3 is 6.09 Å². The van der Waals surface area contributed by atoms with Crippen LogP contribution in [0, 0.1) is 6.92 Å². The summed E-state index contributed by atoms with van der Waals surface area (Å²) in [7, 11) is 0. The minimum Gasteiger partial charge on any atom is -0.465 e. The van der Waals surface area contributed by atoms with Gasteiger partial charge in [0.25, 0.3) is 0 Å². The number of ether oxygens (including phenoxy) is 1. The molecule has 1 amide bonds. The van der Waals surface area contributed by atoms with Crippen molar-refractivity contribution in [3.05, 3.63) is 42.1 Å². The van der Waals surface area contributed by atoms with Crippen molar-refractivity contribution in [2.24, 2.45) is 0 Å². The van der Waals surface area contributed by atoms with Crippen molar-refractivity contribution < 1.29 is 14.6 Å². The molecule has 1 heterocycles. The van der Waals surface area contributed by atoms with E-state index >= 15 is 0 Å². The van der Waals surface area contributed by atoms with Crippen LogP contribution in [-0.4, -0.2) is 16.2 Å². The molecule has 0 fully saturated rings. The predicted molar refractivity (Wildman–Crippen MR) is 71.5 cm³/mol. The van der Waals surface area contributed by atoms with Crippen LogP contribution in [0.2, 0.25) is 0 Å². The molecule has 2 aromatic rings. The van der Waals surface area contributed by atoms with Gasteiger partial charge in [0.15, 0.2) is 0 Å². The molecule has 6 heteroatoms. The van der Waals surface area contributed by atoms with Crippen molar-refractivity contribution >= 4 is 17.6 Å². The first-order valence-electron chi connectivity index (χ1n) is 5.54. The lowest BCUT2D eigenvalue weighted by atomic mass is 10.2. The van der Waals surface area contributed by atoms with Crippen LogP contribution in [-0.2, 0) is 0 Å². The summed E-state index contributed by atoms with van der Waals surface area (Å²) in [6.07, 6.45) is 0.383. The standard InChI is InChI=1S/C13H13N3O3/c1-8-2-3-9(6-11(8)16-13(17)18)19-10-4-5-12(14)15-7-10/h2-7,16H,1H3,(H2,14,15)(H,17,18). The van der Waals surface area contributed by atoms with Gasteiger partial charge in [-0.15, -0.1) is 0 Å².